The molecule has 1 aliphatic rings. The van der Waals surface area contributed by atoms with Gasteiger partial charge in [0.05, 0.1) is 4.90 Å². The fourth-order valence-electron chi connectivity index (χ4n) is 2.63. The number of nitrogens with one attached hydrogen (secondary N) is 2. The maximum atomic E-state index is 12.7. The molecular weight excluding hydrogens is 340 g/mol. The molecule has 2 aromatic carbocycles. The highest BCUT2D eigenvalue weighted by atomic mass is 32.2. The van der Waals surface area contributed by atoms with Crippen molar-refractivity contribution in [1.82, 2.24) is 4.72 Å². The molecule has 2 aromatic rings. The SMILES string of the molecule is CC(=O)C(NS(=O)(=O)c1ccc2c(c1)C=CC(O)N2)c1ccccc1. The minimum atomic E-state index is -3.89. The van der Waals surface area contributed by atoms with Crippen LogP contribution in [-0.4, -0.2) is 25.5 Å². The second-order valence-corrected chi connectivity index (χ2v) is 7.49. The molecule has 0 saturated heterocycles. The Balaban J connectivity index is 1.92. The van der Waals surface area contributed by atoms with Crippen molar-refractivity contribution in [2.24, 2.45) is 0 Å². The summed E-state index contributed by atoms with van der Waals surface area (Å²) < 4.78 is 27.9. The number of carbonyl (C=O) groups is 1. The van der Waals surface area contributed by atoms with Crippen molar-refractivity contribution in [2.75, 3.05) is 5.32 Å². The van der Waals surface area contributed by atoms with E-state index in [0.29, 0.717) is 16.8 Å². The Hall–Kier alpha value is -2.48. The van der Waals surface area contributed by atoms with E-state index < -0.39 is 22.3 Å². The lowest BCUT2D eigenvalue weighted by atomic mass is 10.1. The molecule has 3 rings (SSSR count). The first-order valence-electron chi connectivity index (χ1n) is 7.71. The first-order chi connectivity index (χ1) is 11.9. The average molecular weight is 358 g/mol. The molecule has 0 bridgehead atoms. The third-order valence-electron chi connectivity index (χ3n) is 3.91. The Kier molecular flexibility index (Phi) is 4.71. The predicted octanol–water partition coefficient (Wildman–Crippen LogP) is 2.05. The van der Waals surface area contributed by atoms with Crippen LogP contribution in [0.4, 0.5) is 5.69 Å². The monoisotopic (exact) mass is 358 g/mol. The van der Waals surface area contributed by atoms with Gasteiger partial charge in [0.2, 0.25) is 10.0 Å². The highest BCUT2D eigenvalue weighted by molar-refractivity contribution is 7.89. The van der Waals surface area contributed by atoms with Gasteiger partial charge >= 0.3 is 0 Å². The van der Waals surface area contributed by atoms with Crippen LogP contribution in [0.15, 0.2) is 59.5 Å². The Morgan fingerprint density at radius 2 is 1.92 bits per heavy atom. The third kappa shape index (κ3) is 3.79. The molecular formula is C18H18N2O4S. The van der Waals surface area contributed by atoms with Crippen molar-refractivity contribution in [3.63, 3.8) is 0 Å². The second kappa shape index (κ2) is 6.79. The number of benzene rings is 2. The number of ketones is 1. The summed E-state index contributed by atoms with van der Waals surface area (Å²) in [7, 11) is -3.89. The number of sulfonamides is 1. The molecule has 2 unspecified atom stereocenters. The molecule has 0 saturated carbocycles. The lowest BCUT2D eigenvalue weighted by molar-refractivity contribution is -0.118. The van der Waals surface area contributed by atoms with Crippen LogP contribution < -0.4 is 10.0 Å². The molecule has 0 aliphatic carbocycles. The average Bonchev–Trinajstić information content (AvgIpc) is 2.59. The maximum Gasteiger partial charge on any atom is 0.241 e. The zero-order valence-corrected chi connectivity index (χ0v) is 14.3. The summed E-state index contributed by atoms with van der Waals surface area (Å²) in [6.07, 6.45) is 2.37. The van der Waals surface area contributed by atoms with E-state index in [2.05, 4.69) is 10.0 Å². The van der Waals surface area contributed by atoms with Gasteiger partial charge in [0.15, 0.2) is 5.78 Å². The molecule has 0 spiro atoms. The van der Waals surface area contributed by atoms with E-state index in [1.807, 2.05) is 0 Å². The van der Waals surface area contributed by atoms with Gasteiger partial charge in [-0.2, -0.15) is 4.72 Å². The molecule has 0 radical (unpaired) electrons. The Morgan fingerprint density at radius 1 is 1.20 bits per heavy atom. The summed E-state index contributed by atoms with van der Waals surface area (Å²) in [6.45, 7) is 1.35. The Morgan fingerprint density at radius 3 is 2.60 bits per heavy atom. The first-order valence-corrected chi connectivity index (χ1v) is 9.20. The number of aliphatic hydroxyl groups excluding tert-OH is 1. The number of Topliss-reactive ketones (excluding diaryl/α,β-unsaturated/α-hetero) is 1. The molecule has 7 heteroatoms. The minimum absolute atomic E-state index is 0.0521. The van der Waals surface area contributed by atoms with Crippen LogP contribution in [0.2, 0.25) is 0 Å². The number of anilines is 1. The first kappa shape index (κ1) is 17.3. The lowest BCUT2D eigenvalue weighted by Crippen LogP contribution is -2.33. The van der Waals surface area contributed by atoms with Crippen molar-refractivity contribution < 1.29 is 18.3 Å². The summed E-state index contributed by atoms with van der Waals surface area (Å²) in [5, 5.41) is 12.3. The van der Waals surface area contributed by atoms with E-state index in [4.69, 9.17) is 0 Å². The van der Waals surface area contributed by atoms with Crippen LogP contribution in [0.5, 0.6) is 0 Å². The normalized spacial score (nSPS) is 17.4. The molecule has 6 nitrogen and oxygen atoms in total. The summed E-state index contributed by atoms with van der Waals surface area (Å²) in [6, 6.07) is 12.3. The van der Waals surface area contributed by atoms with E-state index >= 15 is 0 Å². The molecule has 0 fully saturated rings. The molecule has 3 N–H and O–H groups in total. The fourth-order valence-corrected chi connectivity index (χ4v) is 3.91. The van der Waals surface area contributed by atoms with E-state index in [0.717, 1.165) is 0 Å². The number of hydrogen-bond donors (Lipinski definition) is 3. The van der Waals surface area contributed by atoms with Gasteiger partial charge in [-0.3, -0.25) is 4.79 Å². The van der Waals surface area contributed by atoms with E-state index in [1.165, 1.54) is 25.1 Å². The van der Waals surface area contributed by atoms with Gasteiger partial charge in [-0.25, -0.2) is 8.42 Å². The molecule has 1 aliphatic heterocycles. The van der Waals surface area contributed by atoms with Crippen LogP contribution >= 0.6 is 0 Å². The van der Waals surface area contributed by atoms with Gasteiger partial charge in [0.25, 0.3) is 0 Å². The minimum Gasteiger partial charge on any atom is -0.370 e. The number of fused-ring (bicyclic) bond motifs is 1. The van der Waals surface area contributed by atoms with Gasteiger partial charge in [-0.05, 0) is 42.3 Å². The van der Waals surface area contributed by atoms with Crippen molar-refractivity contribution in [3.8, 4) is 0 Å². The summed E-state index contributed by atoms with van der Waals surface area (Å²) >= 11 is 0. The van der Waals surface area contributed by atoms with Crippen LogP contribution in [-0.2, 0) is 14.8 Å². The molecule has 0 aromatic heterocycles. The summed E-state index contributed by atoms with van der Waals surface area (Å²) in [4.78, 5) is 12.0. The van der Waals surface area contributed by atoms with Crippen molar-refractivity contribution in [2.45, 2.75) is 24.1 Å². The number of aliphatic hydroxyl groups is 1. The Bertz CT molecular complexity index is 923. The Labute approximate surface area is 146 Å². The molecule has 1 heterocycles. The molecule has 0 amide bonds. The van der Waals surface area contributed by atoms with Gasteiger partial charge < -0.3 is 10.4 Å². The maximum absolute atomic E-state index is 12.7. The highest BCUT2D eigenvalue weighted by Gasteiger charge is 2.25. The lowest BCUT2D eigenvalue weighted by Gasteiger charge is -2.20. The quantitative estimate of drug-likeness (QED) is 0.760. The largest absolute Gasteiger partial charge is 0.370 e. The smallest absolute Gasteiger partial charge is 0.241 e. The molecule has 2 atom stereocenters. The number of hydrogen-bond acceptors (Lipinski definition) is 5. The number of rotatable bonds is 5. The van der Waals surface area contributed by atoms with E-state index in [1.54, 1.807) is 42.5 Å². The van der Waals surface area contributed by atoms with Gasteiger partial charge in [0, 0.05) is 5.69 Å². The van der Waals surface area contributed by atoms with Crippen LogP contribution in [0.1, 0.15) is 24.1 Å². The second-order valence-electron chi connectivity index (χ2n) is 5.77. The highest BCUT2D eigenvalue weighted by Crippen LogP contribution is 2.26. The van der Waals surface area contributed by atoms with Gasteiger partial charge in [-0.15, -0.1) is 0 Å². The summed E-state index contributed by atoms with van der Waals surface area (Å²) in [5.74, 6) is -0.294. The molecule has 130 valence electrons. The van der Waals surface area contributed by atoms with E-state index in [-0.39, 0.29) is 10.7 Å². The van der Waals surface area contributed by atoms with Gasteiger partial charge in [0.1, 0.15) is 12.3 Å². The van der Waals surface area contributed by atoms with Crippen molar-refractivity contribution >= 4 is 27.6 Å². The summed E-state index contributed by atoms with van der Waals surface area (Å²) in [5.41, 5.74) is 1.87. The van der Waals surface area contributed by atoms with Crippen LogP contribution in [0, 0.1) is 0 Å². The topological polar surface area (TPSA) is 95.5 Å². The van der Waals surface area contributed by atoms with Gasteiger partial charge in [-0.1, -0.05) is 36.4 Å². The van der Waals surface area contributed by atoms with Crippen LogP contribution in [0.25, 0.3) is 6.08 Å². The standard InChI is InChI=1S/C18H18N2O4S/c1-12(21)18(13-5-3-2-4-6-13)20-25(23,24)15-8-9-16-14(11-15)7-10-17(22)19-16/h2-11,17-20,22H,1H3. The molecule has 25 heavy (non-hydrogen) atoms. The zero-order chi connectivity index (χ0) is 18.0. The van der Waals surface area contributed by atoms with E-state index in [9.17, 15) is 18.3 Å². The third-order valence-corrected chi connectivity index (χ3v) is 5.33. The fraction of sp³-hybridized carbons (Fsp3) is 0.167. The van der Waals surface area contributed by atoms with Crippen LogP contribution in [0.3, 0.4) is 0 Å². The zero-order valence-electron chi connectivity index (χ0n) is 13.5. The number of carbonyl (C=O) groups excluding carboxylic acids is 1. The predicted molar refractivity (Wildman–Crippen MR) is 95.3 cm³/mol. The van der Waals surface area contributed by atoms with Crippen molar-refractivity contribution in [1.29, 1.82) is 0 Å². The van der Waals surface area contributed by atoms with Crippen molar-refractivity contribution in [3.05, 3.63) is 65.7 Å².